The third-order valence-electron chi connectivity index (χ3n) is 13.0. The van der Waals surface area contributed by atoms with Gasteiger partial charge in [-0.25, -0.2) is 0 Å². The molecule has 0 rings (SSSR count). The molecule has 60 heavy (non-hydrogen) atoms. The van der Waals surface area contributed by atoms with Crippen LogP contribution in [0, 0.1) is 0 Å². The van der Waals surface area contributed by atoms with E-state index in [1.807, 2.05) is 0 Å². The number of allylic oxidation sites excluding steroid dienone is 2. The van der Waals surface area contributed by atoms with Gasteiger partial charge in [-0.2, -0.15) is 0 Å². The van der Waals surface area contributed by atoms with Gasteiger partial charge in [0.1, 0.15) is 12.2 Å². The number of carbonyl (C=O) groups excluding carboxylic acids is 1. The van der Waals surface area contributed by atoms with Crippen LogP contribution in [0.3, 0.4) is 0 Å². The summed E-state index contributed by atoms with van der Waals surface area (Å²) in [4.78, 5) is 12.6. The highest BCUT2D eigenvalue weighted by atomic mass is 16.3. The van der Waals surface area contributed by atoms with E-state index >= 15 is 0 Å². The molecule has 0 aromatic heterocycles. The molecule has 0 heterocycles. The van der Waals surface area contributed by atoms with Crippen molar-refractivity contribution in [2.45, 2.75) is 321 Å². The quantitative estimate of drug-likeness (QED) is 0.0309. The molecule has 4 atom stereocenters. The van der Waals surface area contributed by atoms with Gasteiger partial charge in [0.25, 0.3) is 0 Å². The Morgan fingerprint density at radius 2 is 0.667 bits per heavy atom. The number of aliphatic hydroxyl groups excluding tert-OH is 4. The third kappa shape index (κ3) is 42.4. The standard InChI is InChI=1S/C54H107NO5/c1-3-5-7-9-11-13-15-17-19-21-23-25-26-27-28-30-32-34-36-38-40-42-44-46-48-52(58)54(60)55-50(49-56)53(59)51(57)47-45-43-41-39-37-35-33-31-29-24-22-20-18-16-14-12-10-8-6-4-2/h27-28,50-53,56-59H,3-26,29-49H2,1-2H3,(H,55,60)/b28-27-. The van der Waals surface area contributed by atoms with Crippen molar-refractivity contribution in [1.29, 1.82) is 0 Å². The van der Waals surface area contributed by atoms with E-state index in [0.29, 0.717) is 12.8 Å². The molecule has 0 saturated carbocycles. The lowest BCUT2D eigenvalue weighted by Gasteiger charge is -2.27. The molecule has 0 spiro atoms. The Kier molecular flexibility index (Phi) is 48.3. The molecular weight excluding hydrogens is 743 g/mol. The van der Waals surface area contributed by atoms with Crippen molar-refractivity contribution >= 4 is 5.91 Å². The minimum absolute atomic E-state index is 0.369. The maximum Gasteiger partial charge on any atom is 0.249 e. The third-order valence-corrected chi connectivity index (χ3v) is 13.0. The lowest BCUT2D eigenvalue weighted by atomic mass is 9.99. The van der Waals surface area contributed by atoms with Gasteiger partial charge in [0.05, 0.1) is 18.8 Å². The van der Waals surface area contributed by atoms with Crippen molar-refractivity contribution in [2.75, 3.05) is 6.61 Å². The molecule has 0 fully saturated rings. The maximum absolute atomic E-state index is 12.6. The minimum Gasteiger partial charge on any atom is -0.394 e. The second-order valence-electron chi connectivity index (χ2n) is 18.9. The zero-order valence-corrected chi connectivity index (χ0v) is 40.5. The number of hydrogen-bond acceptors (Lipinski definition) is 5. The fourth-order valence-corrected chi connectivity index (χ4v) is 8.70. The normalized spacial score (nSPS) is 13.9. The summed E-state index contributed by atoms with van der Waals surface area (Å²) in [6.45, 7) is 4.09. The Morgan fingerprint density at radius 3 is 0.967 bits per heavy atom. The van der Waals surface area contributed by atoms with Crippen LogP contribution in [0.5, 0.6) is 0 Å². The van der Waals surface area contributed by atoms with Crippen LogP contribution < -0.4 is 5.32 Å². The van der Waals surface area contributed by atoms with Crippen LogP contribution in [-0.4, -0.2) is 57.3 Å². The fourth-order valence-electron chi connectivity index (χ4n) is 8.70. The lowest BCUT2D eigenvalue weighted by Crippen LogP contribution is -2.53. The van der Waals surface area contributed by atoms with Gasteiger partial charge in [0, 0.05) is 0 Å². The van der Waals surface area contributed by atoms with Gasteiger partial charge in [0.2, 0.25) is 5.91 Å². The smallest absolute Gasteiger partial charge is 0.249 e. The monoisotopic (exact) mass is 850 g/mol. The average molecular weight is 850 g/mol. The van der Waals surface area contributed by atoms with Gasteiger partial charge in [-0.3, -0.25) is 4.79 Å². The summed E-state index contributed by atoms with van der Waals surface area (Å²) in [6, 6.07) is -0.984. The molecule has 358 valence electrons. The Balaban J connectivity index is 3.63. The second-order valence-corrected chi connectivity index (χ2v) is 18.9. The first kappa shape index (κ1) is 59.0. The van der Waals surface area contributed by atoms with Crippen molar-refractivity contribution < 1.29 is 25.2 Å². The number of nitrogens with one attached hydrogen (secondary N) is 1. The molecule has 0 aliphatic carbocycles. The van der Waals surface area contributed by atoms with Crippen molar-refractivity contribution in [2.24, 2.45) is 0 Å². The molecule has 1 amide bonds. The van der Waals surface area contributed by atoms with Gasteiger partial charge < -0.3 is 25.7 Å². The van der Waals surface area contributed by atoms with Gasteiger partial charge in [-0.15, -0.1) is 0 Å². The van der Waals surface area contributed by atoms with E-state index in [4.69, 9.17) is 0 Å². The molecule has 0 aromatic rings. The fraction of sp³-hybridized carbons (Fsp3) is 0.944. The SMILES string of the molecule is CCCCCCCCCCCCCC/C=C\CCCCCCCCCCC(O)C(=O)NC(CO)C(O)C(O)CCCCCCCCCCCCCCCCCCCCCC. The molecule has 6 heteroatoms. The number of amides is 1. The largest absolute Gasteiger partial charge is 0.394 e. The Bertz CT molecular complexity index is 867. The minimum atomic E-state index is -1.26. The van der Waals surface area contributed by atoms with Crippen LogP contribution in [0.2, 0.25) is 0 Å². The van der Waals surface area contributed by atoms with Crippen LogP contribution in [0.4, 0.5) is 0 Å². The van der Waals surface area contributed by atoms with E-state index < -0.39 is 36.9 Å². The van der Waals surface area contributed by atoms with Crippen molar-refractivity contribution in [1.82, 2.24) is 5.32 Å². The number of hydrogen-bond donors (Lipinski definition) is 5. The van der Waals surface area contributed by atoms with Crippen LogP contribution in [0.15, 0.2) is 12.2 Å². The van der Waals surface area contributed by atoms with Crippen LogP contribution in [0.1, 0.15) is 296 Å². The summed E-state index contributed by atoms with van der Waals surface area (Å²) >= 11 is 0. The van der Waals surface area contributed by atoms with Gasteiger partial charge in [-0.05, 0) is 38.5 Å². The van der Waals surface area contributed by atoms with E-state index in [2.05, 4.69) is 31.3 Å². The molecule has 0 bridgehead atoms. The summed E-state index contributed by atoms with van der Waals surface area (Å²) in [5.41, 5.74) is 0. The molecule has 0 aliphatic heterocycles. The van der Waals surface area contributed by atoms with Crippen LogP contribution >= 0.6 is 0 Å². The summed E-state index contributed by atoms with van der Waals surface area (Å²) in [6.07, 6.45) is 56.9. The first-order valence-electron chi connectivity index (χ1n) is 27.1. The number of carbonyl (C=O) groups is 1. The highest BCUT2D eigenvalue weighted by molar-refractivity contribution is 5.80. The van der Waals surface area contributed by atoms with Crippen molar-refractivity contribution in [3.05, 3.63) is 12.2 Å². The van der Waals surface area contributed by atoms with E-state index in [1.165, 1.54) is 231 Å². The zero-order valence-electron chi connectivity index (χ0n) is 40.5. The van der Waals surface area contributed by atoms with E-state index in [9.17, 15) is 25.2 Å². The van der Waals surface area contributed by atoms with Gasteiger partial charge in [-0.1, -0.05) is 270 Å². The number of aliphatic hydroxyl groups is 4. The van der Waals surface area contributed by atoms with Crippen LogP contribution in [0.25, 0.3) is 0 Å². The summed E-state index contributed by atoms with van der Waals surface area (Å²) < 4.78 is 0. The first-order valence-corrected chi connectivity index (χ1v) is 27.1. The molecule has 5 N–H and O–H groups in total. The molecule has 0 aliphatic rings. The Labute approximate surface area is 374 Å². The molecule has 0 saturated heterocycles. The molecular formula is C54H107NO5. The van der Waals surface area contributed by atoms with E-state index in [-0.39, 0.29) is 0 Å². The van der Waals surface area contributed by atoms with E-state index in [0.717, 1.165) is 38.5 Å². The lowest BCUT2D eigenvalue weighted by molar-refractivity contribution is -0.132. The van der Waals surface area contributed by atoms with E-state index in [1.54, 1.807) is 0 Å². The first-order chi connectivity index (χ1) is 29.5. The molecule has 6 nitrogen and oxygen atoms in total. The highest BCUT2D eigenvalue weighted by Gasteiger charge is 2.28. The molecule has 0 radical (unpaired) electrons. The predicted molar refractivity (Wildman–Crippen MR) is 261 cm³/mol. The summed E-state index contributed by atoms with van der Waals surface area (Å²) in [5, 5.41) is 44.0. The summed E-state index contributed by atoms with van der Waals surface area (Å²) in [5.74, 6) is -0.581. The second kappa shape index (κ2) is 49.1. The van der Waals surface area contributed by atoms with Crippen molar-refractivity contribution in [3.63, 3.8) is 0 Å². The Morgan fingerprint density at radius 1 is 0.400 bits per heavy atom. The van der Waals surface area contributed by atoms with Crippen LogP contribution in [-0.2, 0) is 4.79 Å². The highest BCUT2D eigenvalue weighted by Crippen LogP contribution is 2.18. The Hall–Kier alpha value is -0.950. The molecule has 0 aromatic carbocycles. The topological polar surface area (TPSA) is 110 Å². The van der Waals surface area contributed by atoms with Gasteiger partial charge >= 0.3 is 0 Å². The van der Waals surface area contributed by atoms with Crippen molar-refractivity contribution in [3.8, 4) is 0 Å². The number of unbranched alkanes of at least 4 members (excludes halogenated alkanes) is 39. The zero-order chi connectivity index (χ0) is 43.8. The maximum atomic E-state index is 12.6. The van der Waals surface area contributed by atoms with Gasteiger partial charge in [0.15, 0.2) is 0 Å². The average Bonchev–Trinajstić information content (AvgIpc) is 3.25. The number of rotatable bonds is 50. The predicted octanol–water partition coefficient (Wildman–Crippen LogP) is 15.3. The summed E-state index contributed by atoms with van der Waals surface area (Å²) in [7, 11) is 0. The molecule has 4 unspecified atom stereocenters.